The Morgan fingerprint density at radius 3 is 2.68 bits per heavy atom. The van der Waals surface area contributed by atoms with Crippen LogP contribution < -0.4 is 9.64 Å². The third-order valence-corrected chi connectivity index (χ3v) is 5.93. The summed E-state index contributed by atoms with van der Waals surface area (Å²) >= 11 is 1.49. The molecule has 7 nitrogen and oxygen atoms in total. The summed E-state index contributed by atoms with van der Waals surface area (Å²) < 4.78 is 9.08. The first-order valence-corrected chi connectivity index (χ1v) is 10.7. The van der Waals surface area contributed by atoms with Gasteiger partial charge in [0.05, 0.1) is 15.9 Å². The van der Waals surface area contributed by atoms with Gasteiger partial charge in [-0.25, -0.2) is 9.97 Å². The van der Waals surface area contributed by atoms with Crippen molar-refractivity contribution in [2.24, 2.45) is 0 Å². The van der Waals surface area contributed by atoms with Gasteiger partial charge < -0.3 is 4.74 Å². The molecule has 0 aliphatic heterocycles. The Bertz CT molecular complexity index is 1360. The Labute approximate surface area is 182 Å². The highest BCUT2D eigenvalue weighted by atomic mass is 32.1. The molecule has 5 rings (SSSR count). The lowest BCUT2D eigenvalue weighted by atomic mass is 10.2. The molecule has 1 amide bonds. The van der Waals surface area contributed by atoms with Gasteiger partial charge in [-0.3, -0.25) is 19.1 Å². The summed E-state index contributed by atoms with van der Waals surface area (Å²) in [6.07, 6.45) is 5.78. The first kappa shape index (κ1) is 19.2. The number of amides is 1. The van der Waals surface area contributed by atoms with Gasteiger partial charge in [-0.2, -0.15) is 0 Å². The van der Waals surface area contributed by atoms with E-state index in [1.807, 2.05) is 53.9 Å². The highest BCUT2D eigenvalue weighted by molar-refractivity contribution is 7.20. The monoisotopic (exact) mass is 429 g/mol. The number of rotatable bonds is 5. The summed E-state index contributed by atoms with van der Waals surface area (Å²) in [6.45, 7) is 2.02. The molecule has 0 atom stereocenters. The Morgan fingerprint density at radius 1 is 1.10 bits per heavy atom. The van der Waals surface area contributed by atoms with E-state index in [1.165, 1.54) is 11.3 Å². The van der Waals surface area contributed by atoms with Crippen LogP contribution in [0.3, 0.4) is 0 Å². The number of carbonyl (C=O) groups excluding carboxylic acids is 1. The van der Waals surface area contributed by atoms with Crippen LogP contribution in [0.15, 0.2) is 67.1 Å². The van der Waals surface area contributed by atoms with Crippen molar-refractivity contribution < 1.29 is 9.53 Å². The number of aromatic nitrogens is 4. The maximum absolute atomic E-state index is 13.0. The molecule has 31 heavy (non-hydrogen) atoms. The van der Waals surface area contributed by atoms with Gasteiger partial charge in [-0.1, -0.05) is 30.4 Å². The molecular formula is C23H19N5O2S. The van der Waals surface area contributed by atoms with Gasteiger partial charge in [0.2, 0.25) is 0 Å². The summed E-state index contributed by atoms with van der Waals surface area (Å²) in [5.74, 6) is 1.18. The number of hydrogen-bond acceptors (Lipinski definition) is 6. The largest absolute Gasteiger partial charge is 0.427 e. The first-order valence-electron chi connectivity index (χ1n) is 9.87. The van der Waals surface area contributed by atoms with Crippen LogP contribution in [-0.2, 0) is 6.42 Å². The molecule has 0 fully saturated rings. The zero-order valence-corrected chi connectivity index (χ0v) is 17.8. The maximum atomic E-state index is 13.0. The standard InChI is InChI=1S/C23H19N5O2S/c1-3-16-21(27(2)22(29)15-10-12-24-13-11-15)28-14-6-8-18(20(28)25-16)30-23-26-17-7-4-5-9-19(17)31-23/h4-14H,3H2,1-2H3. The summed E-state index contributed by atoms with van der Waals surface area (Å²) in [5, 5.41) is 0.554. The summed E-state index contributed by atoms with van der Waals surface area (Å²) in [6, 6.07) is 15.1. The fourth-order valence-corrected chi connectivity index (χ4v) is 4.35. The van der Waals surface area contributed by atoms with Gasteiger partial charge in [0.15, 0.2) is 11.4 Å². The highest BCUT2D eigenvalue weighted by Gasteiger charge is 2.23. The van der Waals surface area contributed by atoms with E-state index in [-0.39, 0.29) is 5.91 Å². The minimum atomic E-state index is -0.128. The molecule has 0 saturated carbocycles. The molecule has 1 aromatic carbocycles. The van der Waals surface area contributed by atoms with E-state index in [9.17, 15) is 4.79 Å². The fraction of sp³-hybridized carbons (Fsp3) is 0.130. The van der Waals surface area contributed by atoms with Crippen molar-refractivity contribution in [2.75, 3.05) is 11.9 Å². The minimum Gasteiger partial charge on any atom is -0.427 e. The molecule has 0 unspecified atom stereocenters. The van der Waals surface area contributed by atoms with Gasteiger partial charge in [0, 0.05) is 31.2 Å². The number of thiazole rings is 1. The maximum Gasteiger partial charge on any atom is 0.279 e. The van der Waals surface area contributed by atoms with Crippen LogP contribution in [0.5, 0.6) is 10.9 Å². The van der Waals surface area contributed by atoms with Crippen molar-refractivity contribution in [3.63, 3.8) is 0 Å². The quantitative estimate of drug-likeness (QED) is 0.394. The summed E-state index contributed by atoms with van der Waals surface area (Å²) in [4.78, 5) is 28.0. The van der Waals surface area contributed by atoms with Crippen molar-refractivity contribution in [3.05, 3.63) is 78.4 Å². The second-order valence-electron chi connectivity index (χ2n) is 6.95. The number of pyridine rings is 2. The number of fused-ring (bicyclic) bond motifs is 2. The molecule has 4 heterocycles. The zero-order chi connectivity index (χ0) is 21.4. The van der Waals surface area contributed by atoms with Gasteiger partial charge in [-0.15, -0.1) is 0 Å². The van der Waals surface area contributed by atoms with Crippen LogP contribution in [0.25, 0.3) is 15.9 Å². The van der Waals surface area contributed by atoms with E-state index < -0.39 is 0 Å². The number of nitrogens with zero attached hydrogens (tertiary/aromatic N) is 5. The van der Waals surface area contributed by atoms with Crippen molar-refractivity contribution >= 4 is 38.9 Å². The Balaban J connectivity index is 1.56. The molecule has 0 aliphatic carbocycles. The minimum absolute atomic E-state index is 0.128. The number of para-hydroxylation sites is 1. The summed E-state index contributed by atoms with van der Waals surface area (Å²) in [7, 11) is 1.76. The van der Waals surface area contributed by atoms with E-state index >= 15 is 0 Å². The SMILES string of the molecule is CCc1nc2c(Oc3nc4ccccc4s3)cccn2c1N(C)C(=O)c1ccncc1. The number of benzene rings is 1. The Hall–Kier alpha value is -3.78. The van der Waals surface area contributed by atoms with Gasteiger partial charge >= 0.3 is 0 Å². The molecular weight excluding hydrogens is 410 g/mol. The number of ether oxygens (including phenoxy) is 1. The molecule has 4 aromatic heterocycles. The normalized spacial score (nSPS) is 11.2. The van der Waals surface area contributed by atoms with E-state index in [0.717, 1.165) is 15.9 Å². The molecule has 154 valence electrons. The number of aryl methyl sites for hydroxylation is 1. The second kappa shape index (κ2) is 7.81. The van der Waals surface area contributed by atoms with Gasteiger partial charge in [0.25, 0.3) is 11.1 Å². The zero-order valence-electron chi connectivity index (χ0n) is 17.0. The number of carbonyl (C=O) groups is 1. The van der Waals surface area contributed by atoms with Crippen LogP contribution >= 0.6 is 11.3 Å². The lowest BCUT2D eigenvalue weighted by molar-refractivity contribution is 0.0992. The number of hydrogen-bond donors (Lipinski definition) is 0. The topological polar surface area (TPSA) is 72.6 Å². The molecule has 5 aromatic rings. The lowest BCUT2D eigenvalue weighted by Gasteiger charge is -2.18. The smallest absolute Gasteiger partial charge is 0.279 e. The molecule has 0 saturated heterocycles. The Morgan fingerprint density at radius 2 is 1.90 bits per heavy atom. The highest BCUT2D eigenvalue weighted by Crippen LogP contribution is 2.34. The predicted octanol–water partition coefficient (Wildman–Crippen LogP) is 4.97. The van der Waals surface area contributed by atoms with Gasteiger partial charge in [0.1, 0.15) is 5.82 Å². The van der Waals surface area contributed by atoms with Crippen molar-refractivity contribution in [2.45, 2.75) is 13.3 Å². The van der Waals surface area contributed by atoms with Crippen LogP contribution in [0.2, 0.25) is 0 Å². The predicted molar refractivity (Wildman–Crippen MR) is 121 cm³/mol. The molecule has 0 spiro atoms. The Kier molecular flexibility index (Phi) is 4.83. The second-order valence-corrected chi connectivity index (χ2v) is 7.94. The van der Waals surface area contributed by atoms with Crippen LogP contribution in [0.4, 0.5) is 5.82 Å². The van der Waals surface area contributed by atoms with E-state index in [2.05, 4.69) is 9.97 Å². The van der Waals surface area contributed by atoms with Crippen LogP contribution in [0.1, 0.15) is 23.0 Å². The first-order chi connectivity index (χ1) is 15.2. The third kappa shape index (κ3) is 3.40. The van der Waals surface area contributed by atoms with E-state index in [0.29, 0.717) is 34.4 Å². The molecule has 0 aliphatic rings. The number of imidazole rings is 1. The van der Waals surface area contributed by atoms with E-state index in [1.54, 1.807) is 36.5 Å². The molecule has 0 radical (unpaired) electrons. The van der Waals surface area contributed by atoms with Crippen molar-refractivity contribution in [1.29, 1.82) is 0 Å². The van der Waals surface area contributed by atoms with Crippen molar-refractivity contribution in [1.82, 2.24) is 19.4 Å². The van der Waals surface area contributed by atoms with Crippen LogP contribution in [-0.4, -0.2) is 32.3 Å². The molecule has 0 bridgehead atoms. The van der Waals surface area contributed by atoms with E-state index in [4.69, 9.17) is 9.72 Å². The third-order valence-electron chi connectivity index (χ3n) is 5.01. The lowest BCUT2D eigenvalue weighted by Crippen LogP contribution is -2.28. The van der Waals surface area contributed by atoms with Crippen molar-refractivity contribution in [3.8, 4) is 10.9 Å². The van der Waals surface area contributed by atoms with Crippen LogP contribution in [0, 0.1) is 0 Å². The van der Waals surface area contributed by atoms with Gasteiger partial charge in [-0.05, 0) is 42.8 Å². The summed E-state index contributed by atoms with van der Waals surface area (Å²) in [5.41, 5.74) is 2.92. The average molecular weight is 430 g/mol. The fourth-order valence-electron chi connectivity index (χ4n) is 3.52. The average Bonchev–Trinajstić information content (AvgIpc) is 3.39. The number of anilines is 1. The molecule has 8 heteroatoms. The molecule has 0 N–H and O–H groups in total.